The van der Waals surface area contributed by atoms with Gasteiger partial charge in [-0.2, -0.15) is 0 Å². The normalized spacial score (nSPS) is 20.3. The van der Waals surface area contributed by atoms with E-state index in [1.807, 2.05) is 14.0 Å². The van der Waals surface area contributed by atoms with Gasteiger partial charge in [0.25, 0.3) is 10.0 Å². The van der Waals surface area contributed by atoms with Crippen LogP contribution >= 0.6 is 0 Å². The van der Waals surface area contributed by atoms with Crippen molar-refractivity contribution < 1.29 is 22.7 Å². The van der Waals surface area contributed by atoms with E-state index < -0.39 is 22.0 Å². The number of rotatable bonds is 8. The topological polar surface area (TPSA) is 99.3 Å². The smallest absolute Gasteiger partial charge is 0.264 e. The number of hydrogen-bond acceptors (Lipinski definition) is 6. The third-order valence-corrected chi connectivity index (χ3v) is 7.81. The first kappa shape index (κ1) is 24.2. The van der Waals surface area contributed by atoms with Crippen molar-refractivity contribution >= 4 is 21.8 Å². The molecule has 1 N–H and O–H groups in total. The minimum absolute atomic E-state index is 0.0400. The molecule has 1 fully saturated rings. The van der Waals surface area contributed by atoms with E-state index in [1.54, 1.807) is 24.1 Å². The number of carbonyl (C=O) groups is 2. The van der Waals surface area contributed by atoms with Gasteiger partial charge in [-0.05, 0) is 52.0 Å². The van der Waals surface area contributed by atoms with Crippen LogP contribution in [0.25, 0.3) is 0 Å². The third-order valence-electron chi connectivity index (χ3n) is 6.01. The molecule has 1 saturated heterocycles. The van der Waals surface area contributed by atoms with Crippen molar-refractivity contribution in [2.24, 2.45) is 0 Å². The van der Waals surface area contributed by atoms with E-state index in [0.29, 0.717) is 13.2 Å². The van der Waals surface area contributed by atoms with E-state index >= 15 is 0 Å². The molecule has 32 heavy (non-hydrogen) atoms. The van der Waals surface area contributed by atoms with E-state index in [1.165, 1.54) is 24.5 Å². The lowest BCUT2D eigenvalue weighted by molar-refractivity contribution is -0.139. The Morgan fingerprint density at radius 1 is 1.22 bits per heavy atom. The van der Waals surface area contributed by atoms with Crippen LogP contribution in [-0.2, 0) is 24.3 Å². The average Bonchev–Trinajstić information content (AvgIpc) is 2.77. The number of piperidine rings is 1. The summed E-state index contributed by atoms with van der Waals surface area (Å²) >= 11 is 0. The molecule has 1 aromatic rings. The molecular formula is C22H32N4O5S. The third kappa shape index (κ3) is 5.48. The number of methoxy groups -OCH3 is 1. The maximum Gasteiger partial charge on any atom is 0.264 e. The first-order valence-corrected chi connectivity index (χ1v) is 12.2. The van der Waals surface area contributed by atoms with Gasteiger partial charge in [0.05, 0.1) is 17.9 Å². The molecule has 1 aromatic carbocycles. The summed E-state index contributed by atoms with van der Waals surface area (Å²) in [5.41, 5.74) is 0.925. The molecule has 0 spiro atoms. The van der Waals surface area contributed by atoms with Crippen molar-refractivity contribution in [1.29, 1.82) is 0 Å². The molecule has 176 valence electrons. The summed E-state index contributed by atoms with van der Waals surface area (Å²) in [7, 11) is -0.376. The highest BCUT2D eigenvalue weighted by Gasteiger charge is 2.38. The zero-order chi connectivity index (χ0) is 23.3. The highest BCUT2D eigenvalue weighted by atomic mass is 32.2. The van der Waals surface area contributed by atoms with E-state index in [0.717, 1.165) is 35.8 Å². The highest BCUT2D eigenvalue weighted by molar-refractivity contribution is 7.89. The van der Waals surface area contributed by atoms with Crippen LogP contribution in [0.2, 0.25) is 0 Å². The molecule has 3 rings (SSSR count). The molecule has 2 aliphatic heterocycles. The number of ether oxygens (including phenoxy) is 1. The minimum Gasteiger partial charge on any atom is -0.383 e. The number of likely N-dealkylation sites (tertiary alicyclic amines) is 1. The lowest BCUT2D eigenvalue weighted by Crippen LogP contribution is -2.53. The van der Waals surface area contributed by atoms with Crippen LogP contribution in [-0.4, -0.2) is 86.8 Å². The van der Waals surface area contributed by atoms with Gasteiger partial charge in [-0.15, -0.1) is 0 Å². The quantitative estimate of drug-likeness (QED) is 0.614. The maximum atomic E-state index is 13.3. The van der Waals surface area contributed by atoms with Crippen molar-refractivity contribution in [2.45, 2.75) is 43.2 Å². The molecule has 0 aromatic heterocycles. The number of nitrogens with zero attached hydrogens (tertiary/aromatic N) is 3. The van der Waals surface area contributed by atoms with Crippen LogP contribution in [0.5, 0.6) is 0 Å². The molecule has 0 radical (unpaired) electrons. The number of sulfonamides is 1. The van der Waals surface area contributed by atoms with Gasteiger partial charge in [-0.1, -0.05) is 17.7 Å². The first-order valence-electron chi connectivity index (χ1n) is 10.8. The van der Waals surface area contributed by atoms with Gasteiger partial charge in [-0.3, -0.25) is 13.9 Å². The Bertz CT molecular complexity index is 940. The summed E-state index contributed by atoms with van der Waals surface area (Å²) < 4.78 is 32.7. The fourth-order valence-electron chi connectivity index (χ4n) is 4.06. The molecule has 0 bridgehead atoms. The highest BCUT2D eigenvalue weighted by Crippen LogP contribution is 2.24. The van der Waals surface area contributed by atoms with Crippen LogP contribution in [0, 0.1) is 6.92 Å². The second-order valence-corrected chi connectivity index (χ2v) is 10.1. The van der Waals surface area contributed by atoms with Crippen LogP contribution in [0.15, 0.2) is 41.6 Å². The predicted molar refractivity (Wildman–Crippen MR) is 120 cm³/mol. The second-order valence-electron chi connectivity index (χ2n) is 8.31. The zero-order valence-corrected chi connectivity index (χ0v) is 19.7. The molecule has 2 heterocycles. The van der Waals surface area contributed by atoms with E-state index in [-0.39, 0.29) is 23.3 Å². The lowest BCUT2D eigenvalue weighted by Gasteiger charge is -2.39. The molecule has 0 saturated carbocycles. The number of nitrogens with one attached hydrogen (secondary N) is 1. The number of benzene rings is 1. The fraction of sp³-hybridized carbons (Fsp3) is 0.545. The lowest BCUT2D eigenvalue weighted by atomic mass is 10.0. The van der Waals surface area contributed by atoms with Crippen LogP contribution < -0.4 is 5.32 Å². The molecule has 2 aliphatic rings. The monoisotopic (exact) mass is 464 g/mol. The Kier molecular flexibility index (Phi) is 7.91. The second kappa shape index (κ2) is 10.5. The Labute approximate surface area is 190 Å². The van der Waals surface area contributed by atoms with Gasteiger partial charge in [0.15, 0.2) is 0 Å². The van der Waals surface area contributed by atoms with E-state index in [9.17, 15) is 18.0 Å². The number of aryl methyl sites for hydroxylation is 1. The summed E-state index contributed by atoms with van der Waals surface area (Å²) in [5, 5.41) is 2.54. The van der Waals surface area contributed by atoms with Gasteiger partial charge in [-0.25, -0.2) is 8.42 Å². The minimum atomic E-state index is -4.00. The summed E-state index contributed by atoms with van der Waals surface area (Å²) in [6.07, 6.45) is 4.01. The standard InChI is InChI=1S/C22H32N4O5S/c1-17-4-6-19(7-5-17)32(29,30)26-13-10-23-22(28)20(26)16-21(27)25(14-15-31-3)18-8-11-24(2)12-9-18/h4-7,10,13,18,20H,8-9,11-12,14-16H2,1-3H3,(H,23,28)/t20-/m1/s1. The Morgan fingerprint density at radius 3 is 2.50 bits per heavy atom. The Morgan fingerprint density at radius 2 is 1.88 bits per heavy atom. The van der Waals surface area contributed by atoms with Gasteiger partial charge in [0.2, 0.25) is 11.8 Å². The molecule has 10 heteroatoms. The summed E-state index contributed by atoms with van der Waals surface area (Å²) in [5.74, 6) is -0.775. The van der Waals surface area contributed by atoms with Crippen molar-refractivity contribution in [1.82, 2.24) is 19.4 Å². The van der Waals surface area contributed by atoms with Crippen molar-refractivity contribution in [3.63, 3.8) is 0 Å². The number of carbonyl (C=O) groups excluding carboxylic acids is 2. The van der Waals surface area contributed by atoms with Gasteiger partial charge in [0, 0.05) is 32.1 Å². The van der Waals surface area contributed by atoms with Crippen LogP contribution in [0.3, 0.4) is 0 Å². The van der Waals surface area contributed by atoms with Crippen LogP contribution in [0.1, 0.15) is 24.8 Å². The molecule has 9 nitrogen and oxygen atoms in total. The van der Waals surface area contributed by atoms with Crippen molar-refractivity contribution in [2.75, 3.05) is 40.4 Å². The predicted octanol–water partition coefficient (Wildman–Crippen LogP) is 0.915. The van der Waals surface area contributed by atoms with Gasteiger partial charge < -0.3 is 19.9 Å². The molecule has 0 aliphatic carbocycles. The SMILES string of the molecule is COCCN(C(=O)C[C@@H]1C(=O)NC=CN1S(=O)(=O)c1ccc(C)cc1)C1CCN(C)CC1. The number of hydrogen-bond donors (Lipinski definition) is 1. The average molecular weight is 465 g/mol. The zero-order valence-electron chi connectivity index (χ0n) is 18.9. The van der Waals surface area contributed by atoms with Crippen molar-refractivity contribution in [3.8, 4) is 0 Å². The molecular weight excluding hydrogens is 432 g/mol. The maximum absolute atomic E-state index is 13.3. The van der Waals surface area contributed by atoms with Gasteiger partial charge in [0.1, 0.15) is 6.04 Å². The molecule has 2 amide bonds. The first-order chi connectivity index (χ1) is 15.2. The van der Waals surface area contributed by atoms with Crippen molar-refractivity contribution in [3.05, 3.63) is 42.2 Å². The summed E-state index contributed by atoms with van der Waals surface area (Å²) in [4.78, 5) is 30.0. The summed E-state index contributed by atoms with van der Waals surface area (Å²) in [6.45, 7) is 4.40. The van der Waals surface area contributed by atoms with Crippen LogP contribution in [0.4, 0.5) is 0 Å². The van der Waals surface area contributed by atoms with Gasteiger partial charge >= 0.3 is 0 Å². The Balaban J connectivity index is 1.82. The fourth-order valence-corrected chi connectivity index (χ4v) is 5.51. The molecule has 0 unspecified atom stereocenters. The van der Waals surface area contributed by atoms with E-state index in [4.69, 9.17) is 4.74 Å². The van der Waals surface area contributed by atoms with E-state index in [2.05, 4.69) is 10.2 Å². The largest absolute Gasteiger partial charge is 0.383 e. The summed E-state index contributed by atoms with van der Waals surface area (Å²) in [6, 6.07) is 5.30. The number of amides is 2. The Hall–Kier alpha value is -2.43. The molecule has 1 atom stereocenters.